The van der Waals surface area contributed by atoms with Gasteiger partial charge in [-0.2, -0.15) is 5.26 Å². The van der Waals surface area contributed by atoms with E-state index < -0.39 is 5.91 Å². The van der Waals surface area contributed by atoms with Gasteiger partial charge in [0.25, 0.3) is 0 Å². The Hall–Kier alpha value is -4.04. The van der Waals surface area contributed by atoms with Crippen molar-refractivity contribution in [1.82, 2.24) is 24.4 Å². The number of nitrogens with two attached hydrogens (primary N) is 1. The van der Waals surface area contributed by atoms with Crippen molar-refractivity contribution >= 4 is 28.8 Å². The minimum absolute atomic E-state index is 0.0505. The molecule has 33 heavy (non-hydrogen) atoms. The van der Waals surface area contributed by atoms with Gasteiger partial charge in [-0.15, -0.1) is 0 Å². The molecule has 0 unspecified atom stereocenters. The summed E-state index contributed by atoms with van der Waals surface area (Å²) in [5.74, 6) is 0.138. The van der Waals surface area contributed by atoms with Crippen LogP contribution in [0.5, 0.6) is 0 Å². The number of carbonyl (C=O) groups is 2. The van der Waals surface area contributed by atoms with Crippen LogP contribution < -0.4 is 10.6 Å². The van der Waals surface area contributed by atoms with Crippen LogP contribution in [0, 0.1) is 11.3 Å². The third kappa shape index (κ3) is 5.24. The van der Waals surface area contributed by atoms with E-state index in [0.717, 1.165) is 11.0 Å². The molecule has 4 rings (SSSR count). The van der Waals surface area contributed by atoms with Gasteiger partial charge >= 0.3 is 0 Å². The number of nitrogens with zero attached hydrogens (tertiary/aromatic N) is 7. The molecule has 2 amide bonds. The number of hydrogen-bond acceptors (Lipinski definition) is 8. The quantitative estimate of drug-likeness (QED) is 0.492. The Kier molecular flexibility index (Phi) is 6.75. The van der Waals surface area contributed by atoms with Crippen LogP contribution in [0.2, 0.25) is 0 Å². The van der Waals surface area contributed by atoms with Crippen LogP contribution in [0.4, 0.5) is 5.95 Å². The third-order valence-corrected chi connectivity index (χ3v) is 5.52. The Balaban J connectivity index is 1.18. The molecule has 0 radical (unpaired) electrons. The number of carbonyl (C=O) groups excluding carboxylic acids is 2. The second-order valence-electron chi connectivity index (χ2n) is 7.62. The molecular weight excluding hydrogens is 424 g/mol. The van der Waals surface area contributed by atoms with Gasteiger partial charge in [0, 0.05) is 38.3 Å². The zero-order valence-electron chi connectivity index (χ0n) is 18.1. The van der Waals surface area contributed by atoms with E-state index in [1.54, 1.807) is 24.5 Å². The van der Waals surface area contributed by atoms with Crippen molar-refractivity contribution in [3.05, 3.63) is 48.0 Å². The third-order valence-electron chi connectivity index (χ3n) is 5.52. The maximum atomic E-state index is 12.5. The van der Waals surface area contributed by atoms with Crippen LogP contribution >= 0.6 is 0 Å². The number of anilines is 1. The first-order chi connectivity index (χ1) is 16.0. The van der Waals surface area contributed by atoms with Gasteiger partial charge in [0.15, 0.2) is 0 Å². The molecule has 0 saturated carbocycles. The summed E-state index contributed by atoms with van der Waals surface area (Å²) in [6, 6.07) is 7.14. The zero-order valence-corrected chi connectivity index (χ0v) is 18.1. The SMILES string of the molecule is N#Cc1cnc(N2CCN(C(=O)CCOCCn3cnc4ccc(C(N)=O)cc43)CC2)nc1. The first-order valence-corrected chi connectivity index (χ1v) is 10.6. The predicted molar refractivity (Wildman–Crippen MR) is 119 cm³/mol. The first kappa shape index (κ1) is 22.2. The predicted octanol–water partition coefficient (Wildman–Crippen LogP) is 0.552. The molecule has 3 heterocycles. The van der Waals surface area contributed by atoms with Gasteiger partial charge in [-0.3, -0.25) is 9.59 Å². The fourth-order valence-corrected chi connectivity index (χ4v) is 3.67. The summed E-state index contributed by atoms with van der Waals surface area (Å²) in [5, 5.41) is 8.84. The second-order valence-corrected chi connectivity index (χ2v) is 7.62. The molecule has 1 aromatic carbocycles. The number of aromatic nitrogens is 4. The summed E-state index contributed by atoms with van der Waals surface area (Å²) in [6.45, 7) is 3.76. The van der Waals surface area contributed by atoms with Crippen LogP contribution in [-0.2, 0) is 16.1 Å². The van der Waals surface area contributed by atoms with Gasteiger partial charge in [-0.1, -0.05) is 0 Å². The van der Waals surface area contributed by atoms with Crippen molar-refractivity contribution in [2.45, 2.75) is 13.0 Å². The van der Waals surface area contributed by atoms with Crippen molar-refractivity contribution in [3.8, 4) is 6.07 Å². The molecular formula is C22H24N8O3. The van der Waals surface area contributed by atoms with Gasteiger partial charge in [0.1, 0.15) is 6.07 Å². The van der Waals surface area contributed by atoms with Gasteiger partial charge < -0.3 is 24.8 Å². The number of ether oxygens (including phenoxy) is 1. The fraction of sp³-hybridized carbons (Fsp3) is 0.364. The number of fused-ring (bicyclic) bond motifs is 1. The van der Waals surface area contributed by atoms with Gasteiger partial charge in [0.05, 0.1) is 55.0 Å². The van der Waals surface area contributed by atoms with E-state index in [2.05, 4.69) is 15.0 Å². The molecule has 11 heteroatoms. The van der Waals surface area contributed by atoms with Crippen molar-refractivity contribution in [2.75, 3.05) is 44.3 Å². The van der Waals surface area contributed by atoms with Gasteiger partial charge in [0.2, 0.25) is 17.8 Å². The van der Waals surface area contributed by atoms with Crippen molar-refractivity contribution in [1.29, 1.82) is 5.26 Å². The van der Waals surface area contributed by atoms with Crippen LogP contribution in [0.25, 0.3) is 11.0 Å². The lowest BCUT2D eigenvalue weighted by molar-refractivity contribution is -0.132. The van der Waals surface area contributed by atoms with E-state index in [-0.39, 0.29) is 5.91 Å². The Morgan fingerprint density at radius 2 is 1.85 bits per heavy atom. The van der Waals surface area contributed by atoms with E-state index in [0.29, 0.717) is 69.4 Å². The highest BCUT2D eigenvalue weighted by Gasteiger charge is 2.22. The summed E-state index contributed by atoms with van der Waals surface area (Å²) in [7, 11) is 0. The zero-order chi connectivity index (χ0) is 23.2. The molecule has 0 atom stereocenters. The Bertz CT molecular complexity index is 1180. The minimum Gasteiger partial charge on any atom is -0.379 e. The molecule has 2 N–H and O–H groups in total. The lowest BCUT2D eigenvalue weighted by Crippen LogP contribution is -2.49. The van der Waals surface area contributed by atoms with Crippen LogP contribution in [-0.4, -0.2) is 75.6 Å². The smallest absolute Gasteiger partial charge is 0.248 e. The summed E-state index contributed by atoms with van der Waals surface area (Å²) in [4.78, 5) is 40.4. The van der Waals surface area contributed by atoms with Crippen molar-refractivity contribution in [3.63, 3.8) is 0 Å². The van der Waals surface area contributed by atoms with E-state index in [9.17, 15) is 9.59 Å². The summed E-state index contributed by atoms with van der Waals surface area (Å²) >= 11 is 0. The Morgan fingerprint density at radius 1 is 1.09 bits per heavy atom. The molecule has 0 aliphatic carbocycles. The number of piperazine rings is 1. The molecule has 0 spiro atoms. The van der Waals surface area contributed by atoms with Crippen molar-refractivity contribution < 1.29 is 14.3 Å². The maximum absolute atomic E-state index is 12.5. The highest BCUT2D eigenvalue weighted by atomic mass is 16.5. The molecule has 170 valence electrons. The second kappa shape index (κ2) is 10.1. The van der Waals surface area contributed by atoms with Crippen LogP contribution in [0.15, 0.2) is 36.9 Å². The largest absolute Gasteiger partial charge is 0.379 e. The first-order valence-electron chi connectivity index (χ1n) is 10.6. The monoisotopic (exact) mass is 448 g/mol. The van der Waals surface area contributed by atoms with Crippen molar-refractivity contribution in [2.24, 2.45) is 5.73 Å². The topological polar surface area (TPSA) is 143 Å². The molecule has 11 nitrogen and oxygen atoms in total. The normalized spacial score (nSPS) is 13.8. The number of nitriles is 1. The lowest BCUT2D eigenvalue weighted by atomic mass is 10.2. The molecule has 1 aliphatic heterocycles. The Morgan fingerprint density at radius 3 is 2.55 bits per heavy atom. The summed E-state index contributed by atoms with van der Waals surface area (Å²) in [5.41, 5.74) is 7.80. The molecule has 3 aromatic rings. The standard InChI is InChI=1S/C22H24N8O3/c23-12-16-13-25-22(26-14-16)29-6-4-28(5-7-29)20(31)3-9-33-10-8-30-15-27-18-2-1-17(21(24)32)11-19(18)30/h1-2,11,13-15H,3-10H2,(H2,24,32). The number of imidazole rings is 1. The van der Waals surface area contributed by atoms with E-state index in [1.165, 1.54) is 12.4 Å². The molecule has 1 fully saturated rings. The lowest BCUT2D eigenvalue weighted by Gasteiger charge is -2.34. The molecule has 2 aromatic heterocycles. The number of benzene rings is 1. The Labute approximate surface area is 190 Å². The number of hydrogen-bond donors (Lipinski definition) is 1. The van der Waals surface area contributed by atoms with E-state index in [4.69, 9.17) is 15.7 Å². The number of amides is 2. The summed E-state index contributed by atoms with van der Waals surface area (Å²) in [6.07, 6.45) is 5.01. The average molecular weight is 448 g/mol. The number of primary amides is 1. The molecule has 1 saturated heterocycles. The van der Waals surface area contributed by atoms with Crippen LogP contribution in [0.1, 0.15) is 22.3 Å². The minimum atomic E-state index is -0.482. The maximum Gasteiger partial charge on any atom is 0.248 e. The summed E-state index contributed by atoms with van der Waals surface area (Å²) < 4.78 is 7.56. The fourth-order valence-electron chi connectivity index (χ4n) is 3.67. The highest BCUT2D eigenvalue weighted by Crippen LogP contribution is 2.15. The van der Waals surface area contributed by atoms with Gasteiger partial charge in [-0.25, -0.2) is 15.0 Å². The van der Waals surface area contributed by atoms with Crippen LogP contribution in [0.3, 0.4) is 0 Å². The molecule has 0 bridgehead atoms. The van der Waals surface area contributed by atoms with E-state index in [1.807, 2.05) is 20.4 Å². The highest BCUT2D eigenvalue weighted by molar-refractivity contribution is 5.96. The molecule has 1 aliphatic rings. The van der Waals surface area contributed by atoms with Gasteiger partial charge in [-0.05, 0) is 18.2 Å². The number of rotatable bonds is 8. The average Bonchev–Trinajstić information content (AvgIpc) is 3.26. The van der Waals surface area contributed by atoms with E-state index >= 15 is 0 Å².